The lowest BCUT2D eigenvalue weighted by Crippen LogP contribution is -2.06. The first-order valence-corrected chi connectivity index (χ1v) is 7.47. The maximum Gasteiger partial charge on any atom is 0.221 e. The molecule has 3 N–H and O–H groups in total. The molecule has 1 heterocycles. The molecule has 1 amide bonds. The summed E-state index contributed by atoms with van der Waals surface area (Å²) in [4.78, 5) is 19.6. The Hall–Kier alpha value is -3.15. The van der Waals surface area contributed by atoms with E-state index in [1.165, 1.54) is 6.92 Å². The van der Waals surface area contributed by atoms with Crippen molar-refractivity contribution in [2.45, 2.75) is 13.8 Å². The van der Waals surface area contributed by atoms with Gasteiger partial charge in [0.25, 0.3) is 0 Å². The van der Waals surface area contributed by atoms with Crippen LogP contribution in [0.4, 0.5) is 11.6 Å². The molecule has 0 saturated heterocycles. The second-order valence-electron chi connectivity index (χ2n) is 5.55. The van der Waals surface area contributed by atoms with Crippen LogP contribution in [0.1, 0.15) is 12.5 Å². The zero-order valence-electron chi connectivity index (χ0n) is 13.8. The predicted molar refractivity (Wildman–Crippen MR) is 95.0 cm³/mol. The third kappa shape index (κ3) is 2.99. The molecule has 0 aliphatic heterocycles. The summed E-state index contributed by atoms with van der Waals surface area (Å²) in [6, 6.07) is 9.57. The number of ether oxygens (including phenoxy) is 1. The van der Waals surface area contributed by atoms with Crippen LogP contribution in [-0.4, -0.2) is 23.0 Å². The fourth-order valence-electron chi connectivity index (χ4n) is 2.65. The van der Waals surface area contributed by atoms with E-state index in [0.29, 0.717) is 5.75 Å². The highest BCUT2D eigenvalue weighted by Gasteiger charge is 2.12. The number of benzene rings is 2. The van der Waals surface area contributed by atoms with Crippen molar-refractivity contribution in [1.29, 1.82) is 0 Å². The Kier molecular flexibility index (Phi) is 4.04. The van der Waals surface area contributed by atoms with Crippen molar-refractivity contribution in [3.63, 3.8) is 0 Å². The monoisotopic (exact) mass is 322 g/mol. The van der Waals surface area contributed by atoms with Crippen LogP contribution in [0, 0.1) is 6.92 Å². The topological polar surface area (TPSA) is 90.1 Å². The molecule has 0 unspecified atom stereocenters. The molecule has 2 aromatic carbocycles. The quantitative estimate of drug-likeness (QED) is 0.773. The van der Waals surface area contributed by atoms with Gasteiger partial charge in [-0.15, -0.1) is 0 Å². The molecule has 0 bridgehead atoms. The summed E-state index contributed by atoms with van der Waals surface area (Å²) in [6.45, 7) is 3.49. The summed E-state index contributed by atoms with van der Waals surface area (Å²) in [5.41, 5.74) is 10.1. The molecule has 0 fully saturated rings. The number of hydrogen-bond donors (Lipinski definition) is 2. The molecule has 0 radical (unpaired) electrons. The Balaban J connectivity index is 2.21. The van der Waals surface area contributed by atoms with Crippen LogP contribution in [0.3, 0.4) is 0 Å². The van der Waals surface area contributed by atoms with Gasteiger partial charge in [0, 0.05) is 35.8 Å². The Morgan fingerprint density at radius 1 is 1.21 bits per heavy atom. The van der Waals surface area contributed by atoms with Gasteiger partial charge in [0.2, 0.25) is 11.9 Å². The SMILES string of the molecule is COc1cc2nc(N)ncc2cc1-c1cc(NC(C)=O)ccc1C. The number of nitrogens with two attached hydrogens (primary N) is 1. The summed E-state index contributed by atoms with van der Waals surface area (Å²) in [5.74, 6) is 0.795. The van der Waals surface area contributed by atoms with Gasteiger partial charge in [-0.3, -0.25) is 4.79 Å². The van der Waals surface area contributed by atoms with E-state index < -0.39 is 0 Å². The van der Waals surface area contributed by atoms with E-state index in [1.807, 2.05) is 37.3 Å². The van der Waals surface area contributed by atoms with Gasteiger partial charge in [-0.2, -0.15) is 0 Å². The maximum absolute atomic E-state index is 11.3. The molecule has 0 aliphatic rings. The zero-order valence-corrected chi connectivity index (χ0v) is 13.8. The highest BCUT2D eigenvalue weighted by molar-refractivity contribution is 5.92. The summed E-state index contributed by atoms with van der Waals surface area (Å²) in [7, 11) is 1.61. The molecular formula is C18H18N4O2. The first-order valence-electron chi connectivity index (χ1n) is 7.47. The highest BCUT2D eigenvalue weighted by Crippen LogP contribution is 2.36. The summed E-state index contributed by atoms with van der Waals surface area (Å²) >= 11 is 0. The standard InChI is InChI=1S/C18H18N4O2/c1-10-4-5-13(21-11(2)23)7-14(10)15-6-12-9-20-18(19)22-16(12)8-17(15)24-3/h4-9H,1-3H3,(H,21,23)(H2,19,20,22). The van der Waals surface area contributed by atoms with Gasteiger partial charge in [0.1, 0.15) is 5.75 Å². The molecule has 0 saturated carbocycles. The number of anilines is 2. The molecule has 0 spiro atoms. The minimum Gasteiger partial charge on any atom is -0.496 e. The highest BCUT2D eigenvalue weighted by atomic mass is 16.5. The molecule has 1 aromatic heterocycles. The summed E-state index contributed by atoms with van der Waals surface area (Å²) in [5, 5.41) is 3.67. The Bertz CT molecular complexity index is 938. The van der Waals surface area contributed by atoms with Crippen LogP contribution in [0.15, 0.2) is 36.5 Å². The number of amides is 1. The average Bonchev–Trinajstić information content (AvgIpc) is 2.55. The Morgan fingerprint density at radius 2 is 2.00 bits per heavy atom. The van der Waals surface area contributed by atoms with Crippen molar-refractivity contribution in [2.24, 2.45) is 0 Å². The van der Waals surface area contributed by atoms with E-state index >= 15 is 0 Å². The fourth-order valence-corrected chi connectivity index (χ4v) is 2.65. The summed E-state index contributed by atoms with van der Waals surface area (Å²) < 4.78 is 5.54. The lowest BCUT2D eigenvalue weighted by Gasteiger charge is -2.14. The molecule has 122 valence electrons. The molecule has 0 aliphatic carbocycles. The third-order valence-corrected chi connectivity index (χ3v) is 3.77. The van der Waals surface area contributed by atoms with Crippen LogP contribution >= 0.6 is 0 Å². The smallest absolute Gasteiger partial charge is 0.221 e. The third-order valence-electron chi connectivity index (χ3n) is 3.77. The van der Waals surface area contributed by atoms with Crippen LogP contribution < -0.4 is 15.8 Å². The van der Waals surface area contributed by atoms with Gasteiger partial charge < -0.3 is 15.8 Å². The number of aromatic nitrogens is 2. The van der Waals surface area contributed by atoms with Gasteiger partial charge in [-0.05, 0) is 36.2 Å². The number of methoxy groups -OCH3 is 1. The van der Waals surface area contributed by atoms with Crippen molar-refractivity contribution in [2.75, 3.05) is 18.2 Å². The number of fused-ring (bicyclic) bond motifs is 1. The largest absolute Gasteiger partial charge is 0.496 e. The average molecular weight is 322 g/mol. The van der Waals surface area contributed by atoms with Crippen molar-refractivity contribution in [3.05, 3.63) is 42.1 Å². The Labute approximate surface area is 139 Å². The van der Waals surface area contributed by atoms with Crippen molar-refractivity contribution >= 4 is 28.4 Å². The van der Waals surface area contributed by atoms with Gasteiger partial charge in [0.05, 0.1) is 12.6 Å². The summed E-state index contributed by atoms with van der Waals surface area (Å²) in [6.07, 6.45) is 1.69. The minimum absolute atomic E-state index is 0.112. The number of nitrogen functional groups attached to an aromatic ring is 1. The molecule has 6 heteroatoms. The van der Waals surface area contributed by atoms with Gasteiger partial charge in [0.15, 0.2) is 0 Å². The molecule has 3 aromatic rings. The lowest BCUT2D eigenvalue weighted by molar-refractivity contribution is -0.114. The van der Waals surface area contributed by atoms with Crippen LogP contribution in [0.5, 0.6) is 5.75 Å². The minimum atomic E-state index is -0.112. The number of carbonyl (C=O) groups excluding carboxylic acids is 1. The van der Waals surface area contributed by atoms with Gasteiger partial charge >= 0.3 is 0 Å². The molecule has 24 heavy (non-hydrogen) atoms. The van der Waals surface area contributed by atoms with E-state index in [-0.39, 0.29) is 11.9 Å². The van der Waals surface area contributed by atoms with Crippen LogP contribution in [0.2, 0.25) is 0 Å². The Morgan fingerprint density at radius 3 is 2.71 bits per heavy atom. The number of carbonyl (C=O) groups is 1. The number of nitrogens with one attached hydrogen (secondary N) is 1. The van der Waals surface area contributed by atoms with Crippen molar-refractivity contribution in [1.82, 2.24) is 9.97 Å². The lowest BCUT2D eigenvalue weighted by atomic mass is 9.97. The molecular weight excluding hydrogens is 304 g/mol. The van der Waals surface area contributed by atoms with E-state index in [4.69, 9.17) is 10.5 Å². The molecule has 0 atom stereocenters. The van der Waals surface area contributed by atoms with E-state index in [1.54, 1.807) is 13.3 Å². The maximum atomic E-state index is 11.3. The van der Waals surface area contributed by atoms with E-state index in [9.17, 15) is 4.79 Å². The normalized spacial score (nSPS) is 10.6. The zero-order chi connectivity index (χ0) is 17.3. The van der Waals surface area contributed by atoms with Crippen LogP contribution in [-0.2, 0) is 4.79 Å². The van der Waals surface area contributed by atoms with Crippen molar-refractivity contribution < 1.29 is 9.53 Å². The second kappa shape index (κ2) is 6.16. The number of rotatable bonds is 3. The second-order valence-corrected chi connectivity index (χ2v) is 5.55. The van der Waals surface area contributed by atoms with Crippen molar-refractivity contribution in [3.8, 4) is 16.9 Å². The number of nitrogens with zero attached hydrogens (tertiary/aromatic N) is 2. The van der Waals surface area contributed by atoms with Gasteiger partial charge in [-0.25, -0.2) is 9.97 Å². The first-order chi connectivity index (χ1) is 11.5. The van der Waals surface area contributed by atoms with Crippen LogP contribution in [0.25, 0.3) is 22.0 Å². The number of aryl methyl sites for hydroxylation is 1. The number of hydrogen-bond acceptors (Lipinski definition) is 5. The fraction of sp³-hybridized carbons (Fsp3) is 0.167. The molecule has 6 nitrogen and oxygen atoms in total. The predicted octanol–water partition coefficient (Wildman–Crippen LogP) is 3.15. The van der Waals surface area contributed by atoms with Gasteiger partial charge in [-0.1, -0.05) is 6.07 Å². The van der Waals surface area contributed by atoms with E-state index in [0.717, 1.165) is 33.3 Å². The van der Waals surface area contributed by atoms with E-state index in [2.05, 4.69) is 15.3 Å². The first kappa shape index (κ1) is 15.7. The molecule has 3 rings (SSSR count).